The van der Waals surface area contributed by atoms with Crippen molar-refractivity contribution in [1.82, 2.24) is 14.8 Å². The summed E-state index contributed by atoms with van der Waals surface area (Å²) in [4.78, 5) is 20.6. The van der Waals surface area contributed by atoms with Gasteiger partial charge >= 0.3 is 0 Å². The van der Waals surface area contributed by atoms with E-state index < -0.39 is 5.38 Å². The van der Waals surface area contributed by atoms with E-state index in [0.29, 0.717) is 0 Å². The van der Waals surface area contributed by atoms with E-state index in [1.807, 2.05) is 22.4 Å². The minimum atomic E-state index is -0.443. The lowest BCUT2D eigenvalue weighted by Gasteiger charge is -2.34. The van der Waals surface area contributed by atoms with Crippen LogP contribution in [0, 0.1) is 0 Å². The summed E-state index contributed by atoms with van der Waals surface area (Å²) in [5.74, 6) is 0.824. The van der Waals surface area contributed by atoms with Crippen LogP contribution in [-0.2, 0) is 11.3 Å². The Labute approximate surface area is 138 Å². The first-order valence-corrected chi connectivity index (χ1v) is 8.58. The van der Waals surface area contributed by atoms with Crippen LogP contribution in [0.4, 0.5) is 0 Å². The third-order valence-corrected chi connectivity index (χ3v) is 4.73. The van der Waals surface area contributed by atoms with Crippen molar-refractivity contribution in [3.8, 4) is 11.5 Å². The molecule has 0 bridgehead atoms. The summed E-state index contributed by atoms with van der Waals surface area (Å²) in [7, 11) is 0. The maximum atomic E-state index is 11.9. The van der Waals surface area contributed by atoms with E-state index in [-0.39, 0.29) is 5.91 Å². The molecule has 2 aromatic rings. The highest BCUT2D eigenvalue weighted by atomic mass is 35.5. The normalized spacial score (nSPS) is 17.6. The highest BCUT2D eigenvalue weighted by molar-refractivity contribution is 7.09. The van der Waals surface area contributed by atoms with Gasteiger partial charge < -0.3 is 9.32 Å². The van der Waals surface area contributed by atoms with Crippen LogP contribution in [0.2, 0.25) is 0 Å². The second-order valence-corrected chi connectivity index (χ2v) is 6.92. The Balaban J connectivity index is 1.54. The van der Waals surface area contributed by atoms with Crippen LogP contribution in [0.1, 0.15) is 11.9 Å². The second kappa shape index (κ2) is 6.81. The van der Waals surface area contributed by atoms with Gasteiger partial charge in [0, 0.05) is 31.6 Å². The summed E-state index contributed by atoms with van der Waals surface area (Å²) in [6, 6.07) is 3.78. The summed E-state index contributed by atoms with van der Waals surface area (Å²) < 4.78 is 5.36. The van der Waals surface area contributed by atoms with Gasteiger partial charge in [0.05, 0.1) is 12.8 Å². The fraction of sp³-hybridized carbons (Fsp3) is 0.467. The van der Waals surface area contributed by atoms with Crippen molar-refractivity contribution < 1.29 is 9.21 Å². The molecule has 0 saturated carbocycles. The Kier molecular flexibility index (Phi) is 4.81. The molecule has 1 amide bonds. The molecule has 1 atom stereocenters. The van der Waals surface area contributed by atoms with Crippen molar-refractivity contribution >= 4 is 28.8 Å². The Hall–Kier alpha value is -1.37. The Morgan fingerprint density at radius 1 is 1.45 bits per heavy atom. The fourth-order valence-electron chi connectivity index (χ4n) is 2.49. The van der Waals surface area contributed by atoms with Gasteiger partial charge in [-0.3, -0.25) is 9.69 Å². The number of furan rings is 1. The molecule has 1 saturated heterocycles. The first kappa shape index (κ1) is 15.5. The fourth-order valence-corrected chi connectivity index (χ4v) is 3.45. The van der Waals surface area contributed by atoms with Crippen LogP contribution < -0.4 is 0 Å². The summed E-state index contributed by atoms with van der Waals surface area (Å²) in [5, 5.41) is 2.64. The average molecular weight is 340 g/mol. The molecule has 0 radical (unpaired) electrons. The summed E-state index contributed by atoms with van der Waals surface area (Å²) in [6.45, 7) is 5.69. The number of nitrogens with zero attached hydrogens (tertiary/aromatic N) is 3. The standard InChI is InChI=1S/C15H18ClN3O2S/c1-11(16)15(20)19-6-4-18(5-7-19)9-14-17-12(10-22-14)13-3-2-8-21-13/h2-3,8,10-11H,4-7,9H2,1H3. The summed E-state index contributed by atoms with van der Waals surface area (Å²) in [6.07, 6.45) is 1.66. The number of amides is 1. The quantitative estimate of drug-likeness (QED) is 0.804. The number of thiazole rings is 1. The molecule has 22 heavy (non-hydrogen) atoms. The number of halogens is 1. The van der Waals surface area contributed by atoms with Crippen LogP contribution in [0.5, 0.6) is 0 Å². The summed E-state index contributed by atoms with van der Waals surface area (Å²) >= 11 is 7.50. The van der Waals surface area contributed by atoms with Gasteiger partial charge in [0.25, 0.3) is 0 Å². The van der Waals surface area contributed by atoms with E-state index in [0.717, 1.165) is 49.2 Å². The van der Waals surface area contributed by atoms with Crippen LogP contribution >= 0.6 is 22.9 Å². The first-order valence-electron chi connectivity index (χ1n) is 7.27. The van der Waals surface area contributed by atoms with Crippen molar-refractivity contribution in [1.29, 1.82) is 0 Å². The number of alkyl halides is 1. The zero-order chi connectivity index (χ0) is 15.5. The molecular formula is C15H18ClN3O2S. The van der Waals surface area contributed by atoms with Crippen molar-refractivity contribution in [3.63, 3.8) is 0 Å². The number of rotatable bonds is 4. The first-order chi connectivity index (χ1) is 10.6. The van der Waals surface area contributed by atoms with Gasteiger partial charge in [0.1, 0.15) is 16.1 Å². The maximum absolute atomic E-state index is 11.9. The predicted molar refractivity (Wildman–Crippen MR) is 87.0 cm³/mol. The van der Waals surface area contributed by atoms with E-state index >= 15 is 0 Å². The smallest absolute Gasteiger partial charge is 0.240 e. The van der Waals surface area contributed by atoms with E-state index in [9.17, 15) is 4.79 Å². The number of aromatic nitrogens is 1. The molecule has 0 N–H and O–H groups in total. The molecule has 1 unspecified atom stereocenters. The van der Waals surface area contributed by atoms with Crippen LogP contribution in [-0.4, -0.2) is 52.2 Å². The topological polar surface area (TPSA) is 49.6 Å². The maximum Gasteiger partial charge on any atom is 0.240 e. The van der Waals surface area contributed by atoms with Gasteiger partial charge in [-0.15, -0.1) is 22.9 Å². The second-order valence-electron chi connectivity index (χ2n) is 5.32. The van der Waals surface area contributed by atoms with Gasteiger partial charge in [0.15, 0.2) is 5.76 Å². The third kappa shape index (κ3) is 3.51. The van der Waals surface area contributed by atoms with E-state index in [2.05, 4.69) is 9.88 Å². The SMILES string of the molecule is CC(Cl)C(=O)N1CCN(Cc2nc(-c3ccco3)cs2)CC1. The minimum absolute atomic E-state index is 0.0238. The van der Waals surface area contributed by atoms with E-state index in [1.54, 1.807) is 24.5 Å². The molecule has 0 spiro atoms. The van der Waals surface area contributed by atoms with Crippen LogP contribution in [0.25, 0.3) is 11.5 Å². The highest BCUT2D eigenvalue weighted by Crippen LogP contribution is 2.23. The van der Waals surface area contributed by atoms with Crippen molar-refractivity contribution in [2.75, 3.05) is 26.2 Å². The molecule has 3 rings (SSSR count). The van der Waals surface area contributed by atoms with Crippen molar-refractivity contribution in [2.24, 2.45) is 0 Å². The van der Waals surface area contributed by atoms with Crippen molar-refractivity contribution in [2.45, 2.75) is 18.8 Å². The zero-order valence-electron chi connectivity index (χ0n) is 12.4. The molecule has 1 aliphatic rings. The molecule has 2 aromatic heterocycles. The third-order valence-electron chi connectivity index (χ3n) is 3.71. The van der Waals surface area contributed by atoms with Gasteiger partial charge in [-0.25, -0.2) is 4.98 Å². The molecule has 7 heteroatoms. The minimum Gasteiger partial charge on any atom is -0.463 e. The van der Waals surface area contributed by atoms with E-state index in [1.165, 1.54) is 0 Å². The Bertz CT molecular complexity index is 619. The number of hydrogen-bond donors (Lipinski definition) is 0. The Morgan fingerprint density at radius 3 is 2.86 bits per heavy atom. The molecule has 118 valence electrons. The number of carbonyl (C=O) groups is 1. The largest absolute Gasteiger partial charge is 0.463 e. The van der Waals surface area contributed by atoms with Crippen LogP contribution in [0.15, 0.2) is 28.2 Å². The average Bonchev–Trinajstić information content (AvgIpc) is 3.18. The lowest BCUT2D eigenvalue weighted by molar-refractivity contribution is -0.132. The lowest BCUT2D eigenvalue weighted by atomic mass is 10.3. The summed E-state index contributed by atoms with van der Waals surface area (Å²) in [5.41, 5.74) is 0.884. The van der Waals surface area contributed by atoms with Crippen LogP contribution in [0.3, 0.4) is 0 Å². The predicted octanol–water partition coefficient (Wildman–Crippen LogP) is 2.67. The number of carbonyl (C=O) groups excluding carboxylic acids is 1. The van der Waals surface area contributed by atoms with Crippen molar-refractivity contribution in [3.05, 3.63) is 28.8 Å². The molecule has 3 heterocycles. The Morgan fingerprint density at radius 2 is 2.23 bits per heavy atom. The number of hydrogen-bond acceptors (Lipinski definition) is 5. The molecule has 0 aromatic carbocycles. The monoisotopic (exact) mass is 339 g/mol. The zero-order valence-corrected chi connectivity index (χ0v) is 13.9. The molecular weight excluding hydrogens is 322 g/mol. The van der Waals surface area contributed by atoms with Gasteiger partial charge in [0.2, 0.25) is 5.91 Å². The molecule has 5 nitrogen and oxygen atoms in total. The van der Waals surface area contributed by atoms with Gasteiger partial charge in [-0.2, -0.15) is 0 Å². The van der Waals surface area contributed by atoms with E-state index in [4.69, 9.17) is 16.0 Å². The molecule has 0 aliphatic carbocycles. The van der Waals surface area contributed by atoms with Gasteiger partial charge in [-0.05, 0) is 19.1 Å². The lowest BCUT2D eigenvalue weighted by Crippen LogP contribution is -2.49. The highest BCUT2D eigenvalue weighted by Gasteiger charge is 2.24. The number of piperazine rings is 1. The van der Waals surface area contributed by atoms with Gasteiger partial charge in [-0.1, -0.05) is 0 Å². The molecule has 1 aliphatic heterocycles. The molecule has 1 fully saturated rings.